The zero-order valence-corrected chi connectivity index (χ0v) is 19.3. The third kappa shape index (κ3) is 5.55. The molecule has 7 heteroatoms. The summed E-state index contributed by atoms with van der Waals surface area (Å²) < 4.78 is 6.24. The van der Waals surface area contributed by atoms with Crippen molar-refractivity contribution < 1.29 is 14.6 Å². The van der Waals surface area contributed by atoms with Crippen LogP contribution in [0.3, 0.4) is 0 Å². The van der Waals surface area contributed by atoms with E-state index >= 15 is 0 Å². The number of halogens is 1. The molecule has 1 amide bonds. The highest BCUT2D eigenvalue weighted by molar-refractivity contribution is 6.32. The van der Waals surface area contributed by atoms with E-state index < -0.39 is 6.23 Å². The predicted molar refractivity (Wildman–Crippen MR) is 128 cm³/mol. The number of anilines is 2. The van der Waals surface area contributed by atoms with Crippen molar-refractivity contribution in [1.29, 1.82) is 0 Å². The Bertz CT molecular complexity index is 909. The fourth-order valence-electron chi connectivity index (χ4n) is 4.67. The van der Waals surface area contributed by atoms with Gasteiger partial charge in [-0.15, -0.1) is 0 Å². The van der Waals surface area contributed by atoms with Crippen LogP contribution in [0.25, 0.3) is 0 Å². The zero-order valence-electron chi connectivity index (χ0n) is 18.5. The predicted octanol–water partition coefficient (Wildman–Crippen LogP) is 4.52. The molecule has 0 bridgehead atoms. The van der Waals surface area contributed by atoms with Gasteiger partial charge in [0.25, 0.3) is 0 Å². The lowest BCUT2D eigenvalue weighted by molar-refractivity contribution is -0.128. The van der Waals surface area contributed by atoms with Crippen molar-refractivity contribution in [3.05, 3.63) is 53.6 Å². The SMILES string of the molecule is CC(O)N1CCCCC1C(=O)Nc1ccc(OC2CCCN(c3ccccc3)C2)c(Cl)c1. The summed E-state index contributed by atoms with van der Waals surface area (Å²) in [5.74, 6) is 0.522. The molecule has 2 heterocycles. The van der Waals surface area contributed by atoms with E-state index in [1.165, 1.54) is 5.69 Å². The van der Waals surface area contributed by atoms with Crippen LogP contribution >= 0.6 is 11.6 Å². The van der Waals surface area contributed by atoms with Crippen LogP contribution in [-0.4, -0.2) is 53.9 Å². The van der Waals surface area contributed by atoms with Gasteiger partial charge < -0.3 is 20.1 Å². The van der Waals surface area contributed by atoms with E-state index in [9.17, 15) is 9.90 Å². The Morgan fingerprint density at radius 1 is 1.12 bits per heavy atom. The molecular weight excluding hydrogens is 426 g/mol. The molecule has 4 rings (SSSR count). The first-order valence-corrected chi connectivity index (χ1v) is 11.9. The van der Waals surface area contributed by atoms with E-state index in [1.54, 1.807) is 13.0 Å². The highest BCUT2D eigenvalue weighted by Gasteiger charge is 2.31. The molecule has 0 saturated carbocycles. The van der Waals surface area contributed by atoms with Crippen LogP contribution in [0.4, 0.5) is 11.4 Å². The highest BCUT2D eigenvalue weighted by atomic mass is 35.5. The molecule has 2 saturated heterocycles. The number of piperidine rings is 2. The number of ether oxygens (including phenoxy) is 1. The number of carbonyl (C=O) groups is 1. The van der Waals surface area contributed by atoms with E-state index in [4.69, 9.17) is 16.3 Å². The largest absolute Gasteiger partial charge is 0.487 e. The number of aliphatic hydroxyl groups excluding tert-OH is 1. The summed E-state index contributed by atoms with van der Waals surface area (Å²) in [5, 5.41) is 13.4. The normalized spacial score (nSPS) is 22.9. The van der Waals surface area contributed by atoms with Gasteiger partial charge in [-0.2, -0.15) is 0 Å². The molecule has 32 heavy (non-hydrogen) atoms. The lowest BCUT2D eigenvalue weighted by Crippen LogP contribution is -2.50. The van der Waals surface area contributed by atoms with E-state index in [1.807, 2.05) is 23.1 Å². The molecule has 172 valence electrons. The molecule has 2 aliphatic rings. The van der Waals surface area contributed by atoms with Crippen molar-refractivity contribution in [2.24, 2.45) is 0 Å². The van der Waals surface area contributed by atoms with Crippen LogP contribution < -0.4 is 15.0 Å². The number of likely N-dealkylation sites (tertiary alicyclic amines) is 1. The summed E-state index contributed by atoms with van der Waals surface area (Å²) in [4.78, 5) is 17.0. The van der Waals surface area contributed by atoms with Gasteiger partial charge in [0.15, 0.2) is 0 Å². The molecule has 0 radical (unpaired) electrons. The molecule has 0 spiro atoms. The molecule has 2 aromatic rings. The van der Waals surface area contributed by atoms with Gasteiger partial charge >= 0.3 is 0 Å². The van der Waals surface area contributed by atoms with Gasteiger partial charge in [0.2, 0.25) is 5.91 Å². The first-order chi connectivity index (χ1) is 15.5. The van der Waals surface area contributed by atoms with Gasteiger partial charge in [0, 0.05) is 24.5 Å². The van der Waals surface area contributed by atoms with Gasteiger partial charge in [0.05, 0.1) is 17.6 Å². The molecular formula is C25H32ClN3O3. The second-order valence-electron chi connectivity index (χ2n) is 8.68. The minimum absolute atomic E-state index is 0.0590. The van der Waals surface area contributed by atoms with E-state index in [0.717, 1.165) is 51.7 Å². The number of hydrogen-bond acceptors (Lipinski definition) is 5. The molecule has 2 aromatic carbocycles. The van der Waals surface area contributed by atoms with Gasteiger partial charge in [-0.05, 0) is 62.9 Å². The Balaban J connectivity index is 1.37. The molecule has 0 aromatic heterocycles. The summed E-state index contributed by atoms with van der Waals surface area (Å²) >= 11 is 6.51. The standard InChI is InChI=1S/C25H32ClN3O3/c1-18(30)29-15-6-5-11-23(29)25(31)27-19-12-13-24(22(26)16-19)32-21-10-7-14-28(17-21)20-8-3-2-4-9-20/h2-4,8-9,12-13,16,18,21,23,30H,5-7,10-11,14-15,17H2,1H3,(H,27,31). The Kier molecular flexibility index (Phi) is 7.55. The smallest absolute Gasteiger partial charge is 0.241 e. The maximum absolute atomic E-state index is 12.8. The quantitative estimate of drug-likeness (QED) is 0.667. The van der Waals surface area contributed by atoms with Crippen molar-refractivity contribution in [3.63, 3.8) is 0 Å². The summed E-state index contributed by atoms with van der Waals surface area (Å²) in [6.07, 6.45) is 4.18. The molecule has 2 fully saturated rings. The number of nitrogens with zero attached hydrogens (tertiary/aromatic N) is 2. The number of aliphatic hydroxyl groups is 1. The number of nitrogens with one attached hydrogen (secondary N) is 1. The minimum Gasteiger partial charge on any atom is -0.487 e. The molecule has 2 N–H and O–H groups in total. The van der Waals surface area contributed by atoms with E-state index in [-0.39, 0.29) is 18.1 Å². The van der Waals surface area contributed by atoms with Gasteiger partial charge in [0.1, 0.15) is 18.1 Å². The zero-order chi connectivity index (χ0) is 22.5. The number of hydrogen-bond donors (Lipinski definition) is 2. The molecule has 6 nitrogen and oxygen atoms in total. The van der Waals surface area contributed by atoms with Gasteiger partial charge in [-0.3, -0.25) is 9.69 Å². The molecule has 2 aliphatic heterocycles. The fraction of sp³-hybridized carbons (Fsp3) is 0.480. The van der Waals surface area contributed by atoms with E-state index in [0.29, 0.717) is 16.5 Å². The Labute approximate surface area is 195 Å². The third-order valence-electron chi connectivity index (χ3n) is 6.32. The van der Waals surface area contributed by atoms with Crippen molar-refractivity contribution in [3.8, 4) is 5.75 Å². The monoisotopic (exact) mass is 457 g/mol. The number of amides is 1. The lowest BCUT2D eigenvalue weighted by Gasteiger charge is -2.36. The Hall–Kier alpha value is -2.28. The summed E-state index contributed by atoms with van der Waals surface area (Å²) in [7, 11) is 0. The average Bonchev–Trinajstić information content (AvgIpc) is 2.81. The highest BCUT2D eigenvalue weighted by Crippen LogP contribution is 2.31. The van der Waals surface area contributed by atoms with Crippen molar-refractivity contribution in [2.45, 2.75) is 57.4 Å². The van der Waals surface area contributed by atoms with Crippen molar-refractivity contribution in [2.75, 3.05) is 29.9 Å². The second kappa shape index (κ2) is 10.6. The van der Waals surface area contributed by atoms with Crippen LogP contribution in [0.15, 0.2) is 48.5 Å². The molecule has 0 aliphatic carbocycles. The lowest BCUT2D eigenvalue weighted by atomic mass is 10.0. The topological polar surface area (TPSA) is 65.0 Å². The Morgan fingerprint density at radius 3 is 2.69 bits per heavy atom. The first-order valence-electron chi connectivity index (χ1n) is 11.5. The fourth-order valence-corrected chi connectivity index (χ4v) is 4.89. The van der Waals surface area contributed by atoms with Crippen molar-refractivity contribution >= 4 is 28.9 Å². The van der Waals surface area contributed by atoms with Crippen LogP contribution in [-0.2, 0) is 4.79 Å². The molecule has 3 unspecified atom stereocenters. The van der Waals surface area contributed by atoms with Crippen molar-refractivity contribution in [1.82, 2.24) is 4.90 Å². The second-order valence-corrected chi connectivity index (χ2v) is 9.09. The van der Waals surface area contributed by atoms with Crippen LogP contribution in [0.5, 0.6) is 5.75 Å². The number of rotatable bonds is 6. The first kappa shape index (κ1) is 22.9. The summed E-state index contributed by atoms with van der Waals surface area (Å²) in [6.45, 7) is 4.27. The van der Waals surface area contributed by atoms with Crippen LogP contribution in [0, 0.1) is 0 Å². The van der Waals surface area contributed by atoms with Gasteiger partial charge in [-0.25, -0.2) is 0 Å². The summed E-state index contributed by atoms with van der Waals surface area (Å²) in [6, 6.07) is 15.4. The minimum atomic E-state index is -0.642. The Morgan fingerprint density at radius 2 is 1.94 bits per heavy atom. The molecule has 3 atom stereocenters. The summed E-state index contributed by atoms with van der Waals surface area (Å²) in [5.41, 5.74) is 1.84. The third-order valence-corrected chi connectivity index (χ3v) is 6.61. The van der Waals surface area contributed by atoms with Crippen LogP contribution in [0.1, 0.15) is 39.0 Å². The average molecular weight is 458 g/mol. The number of para-hydroxylation sites is 1. The maximum atomic E-state index is 12.8. The number of carbonyl (C=O) groups excluding carboxylic acids is 1. The van der Waals surface area contributed by atoms with Crippen LogP contribution in [0.2, 0.25) is 5.02 Å². The number of benzene rings is 2. The maximum Gasteiger partial charge on any atom is 0.241 e. The van der Waals surface area contributed by atoms with Gasteiger partial charge in [-0.1, -0.05) is 36.2 Å². The van der Waals surface area contributed by atoms with E-state index in [2.05, 4.69) is 34.5 Å².